The zero-order valence-electron chi connectivity index (χ0n) is 19.4. The Morgan fingerprint density at radius 1 is 0.939 bits per heavy atom. The first kappa shape index (κ1) is 22.6. The van der Waals surface area contributed by atoms with Gasteiger partial charge in [0.05, 0.1) is 18.4 Å². The number of amides is 3. The number of carbonyl (C=O) groups is 3. The molecule has 3 amide bonds. The smallest absolute Gasteiger partial charge is 0.282 e. The maximum Gasteiger partial charge on any atom is 0.282 e. The molecule has 2 aliphatic heterocycles. The number of ether oxygens (including phenoxy) is 1. The molecule has 7 nitrogen and oxygen atoms in total. The SMILES string of the molecule is COc1ccc(N2C(=O)C(c3ccc(NC(C)=O)cc3)=C(N3CC(C)CC(C)C3)C2=O)cc1. The number of hydrogen-bond donors (Lipinski definition) is 1. The molecule has 1 N–H and O–H groups in total. The summed E-state index contributed by atoms with van der Waals surface area (Å²) in [4.78, 5) is 42.1. The molecule has 2 heterocycles. The van der Waals surface area contributed by atoms with Gasteiger partial charge in [0, 0.05) is 25.7 Å². The largest absolute Gasteiger partial charge is 0.497 e. The van der Waals surface area contributed by atoms with E-state index in [-0.39, 0.29) is 17.7 Å². The van der Waals surface area contributed by atoms with Gasteiger partial charge in [-0.1, -0.05) is 26.0 Å². The third-order valence-corrected chi connectivity index (χ3v) is 6.07. The van der Waals surface area contributed by atoms with Gasteiger partial charge in [-0.3, -0.25) is 14.4 Å². The van der Waals surface area contributed by atoms with Crippen LogP contribution in [0.15, 0.2) is 54.2 Å². The van der Waals surface area contributed by atoms with E-state index >= 15 is 0 Å². The number of benzene rings is 2. The fourth-order valence-electron chi connectivity index (χ4n) is 4.81. The highest BCUT2D eigenvalue weighted by atomic mass is 16.5. The molecule has 0 aliphatic carbocycles. The van der Waals surface area contributed by atoms with Crippen molar-refractivity contribution in [1.29, 1.82) is 0 Å². The molecule has 1 fully saturated rings. The number of likely N-dealkylation sites (tertiary alicyclic amines) is 1. The Hall–Kier alpha value is -3.61. The lowest BCUT2D eigenvalue weighted by Gasteiger charge is -2.37. The van der Waals surface area contributed by atoms with E-state index in [1.54, 1.807) is 55.6 Å². The van der Waals surface area contributed by atoms with Crippen molar-refractivity contribution in [2.45, 2.75) is 27.2 Å². The van der Waals surface area contributed by atoms with Gasteiger partial charge in [-0.25, -0.2) is 4.90 Å². The van der Waals surface area contributed by atoms with Gasteiger partial charge in [0.2, 0.25) is 5.91 Å². The molecule has 4 rings (SSSR count). The summed E-state index contributed by atoms with van der Waals surface area (Å²) in [7, 11) is 1.57. The van der Waals surface area contributed by atoms with Gasteiger partial charge in [-0.15, -0.1) is 0 Å². The number of piperidine rings is 1. The van der Waals surface area contributed by atoms with E-state index in [1.807, 2.05) is 0 Å². The van der Waals surface area contributed by atoms with E-state index in [9.17, 15) is 14.4 Å². The van der Waals surface area contributed by atoms with Crippen molar-refractivity contribution in [2.24, 2.45) is 11.8 Å². The predicted octanol–water partition coefficient (Wildman–Crippen LogP) is 3.92. The fourth-order valence-corrected chi connectivity index (χ4v) is 4.81. The first-order valence-corrected chi connectivity index (χ1v) is 11.2. The Bertz CT molecular complexity index is 1100. The molecule has 33 heavy (non-hydrogen) atoms. The monoisotopic (exact) mass is 447 g/mol. The molecule has 2 atom stereocenters. The van der Waals surface area contributed by atoms with Crippen LogP contribution in [0.5, 0.6) is 5.75 Å². The van der Waals surface area contributed by atoms with Gasteiger partial charge in [0.25, 0.3) is 11.8 Å². The van der Waals surface area contributed by atoms with Crippen LogP contribution in [0.3, 0.4) is 0 Å². The van der Waals surface area contributed by atoms with Crippen LogP contribution in [0.4, 0.5) is 11.4 Å². The van der Waals surface area contributed by atoms with Gasteiger partial charge in [0.15, 0.2) is 0 Å². The number of imide groups is 1. The summed E-state index contributed by atoms with van der Waals surface area (Å²) in [6.45, 7) is 7.24. The molecule has 0 bridgehead atoms. The molecular formula is C26H29N3O4. The number of nitrogens with one attached hydrogen (secondary N) is 1. The van der Waals surface area contributed by atoms with Crippen molar-refractivity contribution >= 4 is 34.7 Å². The molecule has 7 heteroatoms. The number of rotatable bonds is 5. The Morgan fingerprint density at radius 2 is 1.55 bits per heavy atom. The van der Waals surface area contributed by atoms with E-state index in [2.05, 4.69) is 24.1 Å². The highest BCUT2D eigenvalue weighted by Crippen LogP contribution is 2.37. The van der Waals surface area contributed by atoms with Gasteiger partial charge in [-0.2, -0.15) is 0 Å². The normalized spacial score (nSPS) is 21.0. The lowest BCUT2D eigenvalue weighted by molar-refractivity contribution is -0.121. The van der Waals surface area contributed by atoms with Crippen molar-refractivity contribution in [1.82, 2.24) is 4.90 Å². The number of methoxy groups -OCH3 is 1. The Balaban J connectivity index is 1.77. The van der Waals surface area contributed by atoms with Crippen molar-refractivity contribution in [3.63, 3.8) is 0 Å². The van der Waals surface area contributed by atoms with Gasteiger partial charge in [-0.05, 0) is 60.2 Å². The van der Waals surface area contributed by atoms with E-state index < -0.39 is 0 Å². The van der Waals surface area contributed by atoms with E-state index in [1.165, 1.54) is 11.8 Å². The first-order chi connectivity index (χ1) is 15.8. The van der Waals surface area contributed by atoms with Crippen molar-refractivity contribution < 1.29 is 19.1 Å². The standard InChI is InChI=1S/C26H29N3O4/c1-16-13-17(2)15-28(14-16)24-23(19-5-7-20(8-6-19)27-18(3)30)25(31)29(26(24)32)21-9-11-22(33-4)12-10-21/h5-12,16-17H,13-15H2,1-4H3,(H,27,30). The third-order valence-electron chi connectivity index (χ3n) is 6.07. The van der Waals surface area contributed by atoms with Gasteiger partial charge >= 0.3 is 0 Å². The van der Waals surface area contributed by atoms with E-state index in [4.69, 9.17) is 4.74 Å². The van der Waals surface area contributed by atoms with Gasteiger partial charge in [0.1, 0.15) is 11.4 Å². The molecular weight excluding hydrogens is 418 g/mol. The molecule has 2 unspecified atom stereocenters. The highest BCUT2D eigenvalue weighted by molar-refractivity contribution is 6.45. The van der Waals surface area contributed by atoms with Crippen molar-refractivity contribution in [3.05, 3.63) is 59.8 Å². The summed E-state index contributed by atoms with van der Waals surface area (Å²) in [5.74, 6) is 0.658. The number of nitrogens with zero attached hydrogens (tertiary/aromatic N) is 2. The second kappa shape index (κ2) is 9.10. The molecule has 0 spiro atoms. The Morgan fingerprint density at radius 3 is 2.09 bits per heavy atom. The first-order valence-electron chi connectivity index (χ1n) is 11.2. The zero-order chi connectivity index (χ0) is 23.7. The molecule has 2 aromatic carbocycles. The summed E-state index contributed by atoms with van der Waals surface area (Å²) in [5.41, 5.74) is 2.64. The Kier molecular flexibility index (Phi) is 6.22. The molecule has 0 aromatic heterocycles. The second-order valence-corrected chi connectivity index (χ2v) is 8.98. The average molecular weight is 448 g/mol. The van der Waals surface area contributed by atoms with Crippen LogP contribution in [-0.2, 0) is 14.4 Å². The Labute approximate surface area is 194 Å². The van der Waals surface area contributed by atoms with Crippen LogP contribution in [0, 0.1) is 11.8 Å². The molecule has 172 valence electrons. The molecule has 2 aromatic rings. The summed E-state index contributed by atoms with van der Waals surface area (Å²) in [5, 5.41) is 2.73. The fraction of sp³-hybridized carbons (Fsp3) is 0.346. The summed E-state index contributed by atoms with van der Waals surface area (Å²) in [6.07, 6.45) is 1.09. The van der Waals surface area contributed by atoms with E-state index in [0.717, 1.165) is 19.5 Å². The van der Waals surface area contributed by atoms with Crippen molar-refractivity contribution in [2.75, 3.05) is 30.4 Å². The number of carbonyl (C=O) groups excluding carboxylic acids is 3. The predicted molar refractivity (Wildman–Crippen MR) is 128 cm³/mol. The van der Waals surface area contributed by atoms with E-state index in [0.29, 0.717) is 45.8 Å². The third kappa shape index (κ3) is 4.49. The molecule has 2 aliphatic rings. The quantitative estimate of drug-likeness (QED) is 0.703. The van der Waals surface area contributed by atoms with Crippen LogP contribution in [0.1, 0.15) is 32.8 Å². The second-order valence-electron chi connectivity index (χ2n) is 8.98. The van der Waals surface area contributed by atoms with Crippen LogP contribution < -0.4 is 15.0 Å². The molecule has 0 radical (unpaired) electrons. The minimum absolute atomic E-state index is 0.170. The van der Waals surface area contributed by atoms with Crippen LogP contribution in [0.2, 0.25) is 0 Å². The minimum Gasteiger partial charge on any atom is -0.497 e. The van der Waals surface area contributed by atoms with Gasteiger partial charge < -0.3 is 15.0 Å². The molecule has 1 saturated heterocycles. The number of hydrogen-bond acceptors (Lipinski definition) is 5. The van der Waals surface area contributed by atoms with Crippen LogP contribution >= 0.6 is 0 Å². The lowest BCUT2D eigenvalue weighted by Crippen LogP contribution is -2.42. The summed E-state index contributed by atoms with van der Waals surface area (Å²) in [6, 6.07) is 14.0. The minimum atomic E-state index is -0.349. The van der Waals surface area contributed by atoms with Crippen LogP contribution in [0.25, 0.3) is 5.57 Å². The van der Waals surface area contributed by atoms with Crippen LogP contribution in [-0.4, -0.2) is 42.8 Å². The topological polar surface area (TPSA) is 79.0 Å². The van der Waals surface area contributed by atoms with Crippen molar-refractivity contribution in [3.8, 4) is 5.75 Å². The maximum atomic E-state index is 13.7. The zero-order valence-corrected chi connectivity index (χ0v) is 19.4. The summed E-state index contributed by atoms with van der Waals surface area (Å²) < 4.78 is 5.22. The highest BCUT2D eigenvalue weighted by Gasteiger charge is 2.43. The average Bonchev–Trinajstić information content (AvgIpc) is 3.03. The maximum absolute atomic E-state index is 13.7. The lowest BCUT2D eigenvalue weighted by atomic mass is 9.91. The molecule has 0 saturated carbocycles. The number of anilines is 2. The summed E-state index contributed by atoms with van der Waals surface area (Å²) >= 11 is 0.